The van der Waals surface area contributed by atoms with Crippen molar-refractivity contribution in [2.24, 2.45) is 0 Å². The van der Waals surface area contributed by atoms with Gasteiger partial charge in [0.25, 0.3) is 5.91 Å². The van der Waals surface area contributed by atoms with Gasteiger partial charge in [0, 0.05) is 11.6 Å². The second kappa shape index (κ2) is 6.06. The minimum Gasteiger partial charge on any atom is -0.394 e. The van der Waals surface area contributed by atoms with E-state index in [1.54, 1.807) is 13.8 Å². The van der Waals surface area contributed by atoms with Crippen molar-refractivity contribution < 1.29 is 23.1 Å². The Balaban J connectivity index is 3.08. The first-order chi connectivity index (χ1) is 8.79. The molecule has 1 unspecified atom stereocenters. The van der Waals surface area contributed by atoms with Gasteiger partial charge in [-0.25, -0.2) is 0 Å². The number of nitrogens with one attached hydrogen (secondary N) is 1. The zero-order chi connectivity index (χ0) is 14.6. The highest BCUT2D eigenvalue weighted by molar-refractivity contribution is 5.94. The maximum Gasteiger partial charge on any atom is 0.416 e. The van der Waals surface area contributed by atoms with Crippen LogP contribution in [-0.4, -0.2) is 23.7 Å². The summed E-state index contributed by atoms with van der Waals surface area (Å²) in [6, 6.07) is 3.00. The predicted octanol–water partition coefficient (Wildman–Crippen LogP) is 2.38. The molecule has 1 amide bonds. The summed E-state index contributed by atoms with van der Waals surface area (Å²) in [5.74, 6) is -0.630. The number of carbonyl (C=O) groups is 1. The zero-order valence-corrected chi connectivity index (χ0v) is 10.7. The van der Waals surface area contributed by atoms with E-state index in [0.717, 1.165) is 6.07 Å². The van der Waals surface area contributed by atoms with E-state index in [1.807, 2.05) is 0 Å². The molecule has 0 saturated heterocycles. The summed E-state index contributed by atoms with van der Waals surface area (Å²) < 4.78 is 38.5. The minimum atomic E-state index is -4.48. The molecule has 0 aliphatic rings. The number of alkyl halides is 3. The van der Waals surface area contributed by atoms with Gasteiger partial charge in [-0.2, -0.15) is 13.2 Å². The number of amides is 1. The highest BCUT2D eigenvalue weighted by Gasteiger charge is 2.33. The minimum absolute atomic E-state index is 0.0650. The summed E-state index contributed by atoms with van der Waals surface area (Å²) >= 11 is 0. The quantitative estimate of drug-likeness (QED) is 0.886. The standard InChI is InChI=1S/C13H16F3NO2/c1-3-9-4-5-10(6-11(9)13(14,15)16)12(19)17-8(2)7-18/h4-6,8,18H,3,7H2,1-2H3,(H,17,19). The Labute approximate surface area is 109 Å². The van der Waals surface area contributed by atoms with Gasteiger partial charge in [0.05, 0.1) is 12.2 Å². The Morgan fingerprint density at radius 1 is 1.42 bits per heavy atom. The lowest BCUT2D eigenvalue weighted by atomic mass is 10.0. The maximum atomic E-state index is 12.8. The summed E-state index contributed by atoms with van der Waals surface area (Å²) in [4.78, 5) is 11.7. The van der Waals surface area contributed by atoms with Gasteiger partial charge < -0.3 is 10.4 Å². The van der Waals surface area contributed by atoms with Gasteiger partial charge in [-0.05, 0) is 31.0 Å². The van der Waals surface area contributed by atoms with E-state index in [1.165, 1.54) is 12.1 Å². The van der Waals surface area contributed by atoms with Gasteiger partial charge in [0.15, 0.2) is 0 Å². The molecule has 2 N–H and O–H groups in total. The topological polar surface area (TPSA) is 49.3 Å². The lowest BCUT2D eigenvalue weighted by Gasteiger charge is -2.15. The molecule has 0 radical (unpaired) electrons. The van der Waals surface area contributed by atoms with Crippen LogP contribution in [0.3, 0.4) is 0 Å². The Hall–Kier alpha value is -1.56. The molecule has 0 fully saturated rings. The van der Waals surface area contributed by atoms with Crippen molar-refractivity contribution in [3.8, 4) is 0 Å². The number of rotatable bonds is 4. The van der Waals surface area contributed by atoms with Crippen LogP contribution in [0.4, 0.5) is 13.2 Å². The van der Waals surface area contributed by atoms with Crippen LogP contribution >= 0.6 is 0 Å². The van der Waals surface area contributed by atoms with E-state index in [0.29, 0.717) is 0 Å². The Bertz CT molecular complexity index is 458. The van der Waals surface area contributed by atoms with Crippen LogP contribution in [-0.2, 0) is 12.6 Å². The monoisotopic (exact) mass is 275 g/mol. The Kier molecular flexibility index (Phi) is 4.94. The fraction of sp³-hybridized carbons (Fsp3) is 0.462. The first-order valence-electron chi connectivity index (χ1n) is 5.91. The molecule has 0 aliphatic carbocycles. The molecule has 0 heterocycles. The summed E-state index contributed by atoms with van der Waals surface area (Å²) in [6.07, 6.45) is -4.24. The number of halogens is 3. The van der Waals surface area contributed by atoms with Crippen LogP contribution in [0.5, 0.6) is 0 Å². The fourth-order valence-electron chi connectivity index (χ4n) is 1.64. The van der Waals surface area contributed by atoms with Gasteiger partial charge >= 0.3 is 6.18 Å². The van der Waals surface area contributed by atoms with Crippen LogP contribution < -0.4 is 5.32 Å². The molecule has 3 nitrogen and oxygen atoms in total. The van der Waals surface area contributed by atoms with Gasteiger partial charge in [-0.1, -0.05) is 13.0 Å². The van der Waals surface area contributed by atoms with Crippen LogP contribution in [0, 0.1) is 0 Å². The summed E-state index contributed by atoms with van der Waals surface area (Å²) in [5, 5.41) is 11.2. The molecule has 19 heavy (non-hydrogen) atoms. The lowest BCUT2D eigenvalue weighted by Crippen LogP contribution is -2.35. The van der Waals surface area contributed by atoms with E-state index in [4.69, 9.17) is 5.11 Å². The number of aliphatic hydroxyl groups excluding tert-OH is 1. The molecule has 0 saturated carbocycles. The fourth-order valence-corrected chi connectivity index (χ4v) is 1.64. The Morgan fingerprint density at radius 3 is 2.53 bits per heavy atom. The number of aliphatic hydroxyl groups is 1. The normalized spacial score (nSPS) is 13.2. The number of aryl methyl sites for hydroxylation is 1. The lowest BCUT2D eigenvalue weighted by molar-refractivity contribution is -0.138. The second-order valence-electron chi connectivity index (χ2n) is 4.28. The smallest absolute Gasteiger partial charge is 0.394 e. The van der Waals surface area contributed by atoms with Crippen LogP contribution in [0.1, 0.15) is 35.3 Å². The van der Waals surface area contributed by atoms with Gasteiger partial charge in [0.2, 0.25) is 0 Å². The second-order valence-corrected chi connectivity index (χ2v) is 4.28. The molecule has 1 atom stereocenters. The first kappa shape index (κ1) is 15.5. The molecule has 0 aromatic heterocycles. The summed E-state index contributed by atoms with van der Waals surface area (Å²) in [5.41, 5.74) is -0.705. The molecule has 0 spiro atoms. The van der Waals surface area contributed by atoms with Crippen molar-refractivity contribution in [3.63, 3.8) is 0 Å². The van der Waals surface area contributed by atoms with Crippen molar-refractivity contribution in [1.29, 1.82) is 0 Å². The molecular weight excluding hydrogens is 259 g/mol. The summed E-state index contributed by atoms with van der Waals surface area (Å²) in [7, 11) is 0. The number of hydrogen-bond acceptors (Lipinski definition) is 2. The predicted molar refractivity (Wildman–Crippen MR) is 64.8 cm³/mol. The van der Waals surface area contributed by atoms with Crippen molar-refractivity contribution in [1.82, 2.24) is 5.32 Å². The van der Waals surface area contributed by atoms with Crippen LogP contribution in [0.15, 0.2) is 18.2 Å². The SMILES string of the molecule is CCc1ccc(C(=O)NC(C)CO)cc1C(F)(F)F. The molecule has 106 valence electrons. The third-order valence-electron chi connectivity index (χ3n) is 2.71. The summed E-state index contributed by atoms with van der Waals surface area (Å²) in [6.45, 7) is 2.91. The number of benzene rings is 1. The highest BCUT2D eigenvalue weighted by atomic mass is 19.4. The van der Waals surface area contributed by atoms with E-state index >= 15 is 0 Å². The van der Waals surface area contributed by atoms with Gasteiger partial charge in [-0.3, -0.25) is 4.79 Å². The van der Waals surface area contributed by atoms with Gasteiger partial charge in [-0.15, -0.1) is 0 Å². The molecule has 0 aliphatic heterocycles. The van der Waals surface area contributed by atoms with Crippen molar-refractivity contribution >= 4 is 5.91 Å². The average molecular weight is 275 g/mol. The largest absolute Gasteiger partial charge is 0.416 e. The number of carbonyl (C=O) groups excluding carboxylic acids is 1. The van der Waals surface area contributed by atoms with E-state index in [9.17, 15) is 18.0 Å². The van der Waals surface area contributed by atoms with E-state index < -0.39 is 23.7 Å². The third kappa shape index (κ3) is 3.96. The zero-order valence-electron chi connectivity index (χ0n) is 10.7. The van der Waals surface area contributed by atoms with Gasteiger partial charge in [0.1, 0.15) is 0 Å². The van der Waals surface area contributed by atoms with Crippen molar-refractivity contribution in [2.45, 2.75) is 32.5 Å². The maximum absolute atomic E-state index is 12.8. The van der Waals surface area contributed by atoms with Crippen molar-refractivity contribution in [3.05, 3.63) is 34.9 Å². The molecule has 6 heteroatoms. The average Bonchev–Trinajstić information content (AvgIpc) is 2.36. The van der Waals surface area contributed by atoms with Crippen LogP contribution in [0.2, 0.25) is 0 Å². The van der Waals surface area contributed by atoms with Crippen LogP contribution in [0.25, 0.3) is 0 Å². The molecule has 1 aromatic carbocycles. The molecule has 0 bridgehead atoms. The molecule has 1 aromatic rings. The number of hydrogen-bond donors (Lipinski definition) is 2. The molecule has 1 rings (SSSR count). The van der Waals surface area contributed by atoms with E-state index in [-0.39, 0.29) is 24.2 Å². The van der Waals surface area contributed by atoms with Crippen molar-refractivity contribution in [2.75, 3.05) is 6.61 Å². The third-order valence-corrected chi connectivity index (χ3v) is 2.71. The molecular formula is C13H16F3NO2. The first-order valence-corrected chi connectivity index (χ1v) is 5.91. The Morgan fingerprint density at radius 2 is 2.05 bits per heavy atom. The van der Waals surface area contributed by atoms with E-state index in [2.05, 4.69) is 5.32 Å². The highest BCUT2D eigenvalue weighted by Crippen LogP contribution is 2.33.